The van der Waals surface area contributed by atoms with Gasteiger partial charge in [0.05, 0.1) is 11.7 Å². The van der Waals surface area contributed by atoms with Crippen LogP contribution in [0.4, 0.5) is 13.2 Å². The molecule has 2 rings (SSSR count). The maximum atomic E-state index is 12.5. The SMILES string of the molecule is NCc1cc(OC2CC2)cc(C(F)(F)F)c1. The zero-order chi connectivity index (χ0) is 11.8. The first-order chi connectivity index (χ1) is 7.49. The third-order valence-corrected chi connectivity index (χ3v) is 2.36. The van der Waals surface area contributed by atoms with Crippen LogP contribution in [0.2, 0.25) is 0 Å². The maximum Gasteiger partial charge on any atom is 0.416 e. The molecule has 1 aliphatic carbocycles. The van der Waals surface area contributed by atoms with Crippen molar-refractivity contribution >= 4 is 0 Å². The van der Waals surface area contributed by atoms with Crippen LogP contribution >= 0.6 is 0 Å². The molecule has 0 bridgehead atoms. The fourth-order valence-electron chi connectivity index (χ4n) is 1.39. The lowest BCUT2D eigenvalue weighted by molar-refractivity contribution is -0.137. The van der Waals surface area contributed by atoms with Gasteiger partial charge in [0.25, 0.3) is 0 Å². The number of ether oxygens (including phenoxy) is 1. The summed E-state index contributed by atoms with van der Waals surface area (Å²) in [5, 5.41) is 0. The molecule has 0 radical (unpaired) electrons. The van der Waals surface area contributed by atoms with Gasteiger partial charge in [-0.05, 0) is 36.6 Å². The molecule has 0 amide bonds. The summed E-state index contributed by atoms with van der Waals surface area (Å²) in [6.07, 6.45) is -2.45. The highest BCUT2D eigenvalue weighted by Crippen LogP contribution is 2.34. The minimum Gasteiger partial charge on any atom is -0.490 e. The molecule has 0 aromatic heterocycles. The van der Waals surface area contributed by atoms with Gasteiger partial charge in [-0.2, -0.15) is 13.2 Å². The highest BCUT2D eigenvalue weighted by atomic mass is 19.4. The molecule has 16 heavy (non-hydrogen) atoms. The van der Waals surface area contributed by atoms with Crippen LogP contribution in [0.3, 0.4) is 0 Å². The molecule has 2 N–H and O–H groups in total. The van der Waals surface area contributed by atoms with Gasteiger partial charge in [0, 0.05) is 6.54 Å². The predicted molar refractivity (Wildman–Crippen MR) is 53.0 cm³/mol. The van der Waals surface area contributed by atoms with Crippen LogP contribution in [0.5, 0.6) is 5.75 Å². The van der Waals surface area contributed by atoms with Gasteiger partial charge in [-0.25, -0.2) is 0 Å². The second kappa shape index (κ2) is 3.97. The zero-order valence-electron chi connectivity index (χ0n) is 8.55. The summed E-state index contributed by atoms with van der Waals surface area (Å²) < 4.78 is 43.0. The van der Waals surface area contributed by atoms with Crippen LogP contribution in [0.25, 0.3) is 0 Å². The molecule has 0 spiro atoms. The molecule has 1 fully saturated rings. The lowest BCUT2D eigenvalue weighted by Crippen LogP contribution is -2.08. The summed E-state index contributed by atoms with van der Waals surface area (Å²) >= 11 is 0. The van der Waals surface area contributed by atoms with Crippen molar-refractivity contribution in [3.05, 3.63) is 29.3 Å². The average molecular weight is 231 g/mol. The van der Waals surface area contributed by atoms with E-state index in [1.165, 1.54) is 0 Å². The van der Waals surface area contributed by atoms with E-state index in [0.717, 1.165) is 25.0 Å². The predicted octanol–water partition coefficient (Wildman–Crippen LogP) is 2.71. The van der Waals surface area contributed by atoms with Crippen molar-refractivity contribution < 1.29 is 17.9 Å². The molecule has 0 heterocycles. The lowest BCUT2D eigenvalue weighted by Gasteiger charge is -2.12. The molecule has 5 heteroatoms. The lowest BCUT2D eigenvalue weighted by atomic mass is 10.1. The number of rotatable bonds is 3. The van der Waals surface area contributed by atoms with E-state index in [2.05, 4.69) is 0 Å². The first-order valence-corrected chi connectivity index (χ1v) is 5.07. The van der Waals surface area contributed by atoms with Gasteiger partial charge in [0.2, 0.25) is 0 Å². The number of hydrogen-bond acceptors (Lipinski definition) is 2. The maximum absolute atomic E-state index is 12.5. The van der Waals surface area contributed by atoms with Gasteiger partial charge in [0.1, 0.15) is 5.75 Å². The van der Waals surface area contributed by atoms with E-state index in [1.54, 1.807) is 6.07 Å². The first kappa shape index (κ1) is 11.3. The molecule has 1 aliphatic rings. The Morgan fingerprint density at radius 3 is 2.44 bits per heavy atom. The molecule has 0 aliphatic heterocycles. The van der Waals surface area contributed by atoms with Crippen molar-refractivity contribution in [2.24, 2.45) is 5.73 Å². The first-order valence-electron chi connectivity index (χ1n) is 5.07. The topological polar surface area (TPSA) is 35.2 Å². The Morgan fingerprint density at radius 2 is 1.94 bits per heavy atom. The summed E-state index contributed by atoms with van der Waals surface area (Å²) in [6.45, 7) is 0.0744. The highest BCUT2D eigenvalue weighted by Gasteiger charge is 2.32. The van der Waals surface area contributed by atoms with Crippen LogP contribution in [-0.2, 0) is 12.7 Å². The molecular weight excluding hydrogens is 219 g/mol. The molecule has 2 nitrogen and oxygen atoms in total. The van der Waals surface area contributed by atoms with Crippen molar-refractivity contribution in [3.63, 3.8) is 0 Å². The third-order valence-electron chi connectivity index (χ3n) is 2.36. The van der Waals surface area contributed by atoms with Crippen LogP contribution in [0.15, 0.2) is 18.2 Å². The Labute approximate surface area is 91.2 Å². The van der Waals surface area contributed by atoms with E-state index in [9.17, 15) is 13.2 Å². The Kier molecular flexibility index (Phi) is 2.80. The molecule has 1 aromatic carbocycles. The van der Waals surface area contributed by atoms with Gasteiger partial charge in [-0.3, -0.25) is 0 Å². The molecule has 1 saturated carbocycles. The van der Waals surface area contributed by atoms with Crippen molar-refractivity contribution in [2.45, 2.75) is 31.7 Å². The highest BCUT2D eigenvalue weighted by molar-refractivity contribution is 5.36. The largest absolute Gasteiger partial charge is 0.490 e. The number of hydrogen-bond donors (Lipinski definition) is 1. The second-order valence-corrected chi connectivity index (χ2v) is 3.88. The van der Waals surface area contributed by atoms with Gasteiger partial charge in [-0.15, -0.1) is 0 Å². The monoisotopic (exact) mass is 231 g/mol. The number of alkyl halides is 3. The van der Waals surface area contributed by atoms with Gasteiger partial charge in [0.15, 0.2) is 0 Å². The molecule has 1 aromatic rings. The van der Waals surface area contributed by atoms with Gasteiger partial charge < -0.3 is 10.5 Å². The quantitative estimate of drug-likeness (QED) is 0.868. The van der Waals surface area contributed by atoms with E-state index in [1.807, 2.05) is 0 Å². The van der Waals surface area contributed by atoms with E-state index in [4.69, 9.17) is 10.5 Å². The molecular formula is C11H12F3NO. The third kappa shape index (κ3) is 2.66. The summed E-state index contributed by atoms with van der Waals surface area (Å²) in [4.78, 5) is 0. The summed E-state index contributed by atoms with van der Waals surface area (Å²) in [5.41, 5.74) is 5.09. The molecule has 0 atom stereocenters. The van der Waals surface area contributed by atoms with Crippen LogP contribution in [0.1, 0.15) is 24.0 Å². The zero-order valence-corrected chi connectivity index (χ0v) is 8.55. The van der Waals surface area contributed by atoms with Crippen molar-refractivity contribution in [3.8, 4) is 5.75 Å². The van der Waals surface area contributed by atoms with Crippen molar-refractivity contribution in [1.29, 1.82) is 0 Å². The number of halogens is 3. The Morgan fingerprint density at radius 1 is 1.25 bits per heavy atom. The fourth-order valence-corrected chi connectivity index (χ4v) is 1.39. The summed E-state index contributed by atoms with van der Waals surface area (Å²) in [7, 11) is 0. The minimum absolute atomic E-state index is 0.0744. The van der Waals surface area contributed by atoms with Crippen molar-refractivity contribution in [1.82, 2.24) is 0 Å². The summed E-state index contributed by atoms with van der Waals surface area (Å²) in [5.74, 6) is 0.262. The van der Waals surface area contributed by atoms with Crippen molar-refractivity contribution in [2.75, 3.05) is 0 Å². The minimum atomic E-state index is -4.35. The molecule has 0 unspecified atom stereocenters. The number of benzene rings is 1. The average Bonchev–Trinajstić information content (AvgIpc) is 3.00. The Bertz CT molecular complexity index is 385. The fraction of sp³-hybridized carbons (Fsp3) is 0.455. The van der Waals surface area contributed by atoms with Crippen LogP contribution in [0, 0.1) is 0 Å². The summed E-state index contributed by atoms with van der Waals surface area (Å²) in [6, 6.07) is 3.64. The van der Waals surface area contributed by atoms with Crippen LogP contribution in [-0.4, -0.2) is 6.10 Å². The van der Waals surface area contributed by atoms with E-state index in [-0.39, 0.29) is 18.4 Å². The standard InChI is InChI=1S/C11H12F3NO/c12-11(13,14)8-3-7(6-15)4-10(5-8)16-9-1-2-9/h3-5,9H,1-2,6,15H2. The Hall–Kier alpha value is -1.23. The smallest absolute Gasteiger partial charge is 0.416 e. The molecule has 0 saturated heterocycles. The van der Waals surface area contributed by atoms with Crippen LogP contribution < -0.4 is 10.5 Å². The van der Waals surface area contributed by atoms with Gasteiger partial charge >= 0.3 is 6.18 Å². The second-order valence-electron chi connectivity index (χ2n) is 3.88. The van der Waals surface area contributed by atoms with E-state index >= 15 is 0 Å². The Balaban J connectivity index is 2.29. The molecule has 88 valence electrons. The van der Waals surface area contributed by atoms with E-state index < -0.39 is 11.7 Å². The number of nitrogens with two attached hydrogens (primary N) is 1. The van der Waals surface area contributed by atoms with E-state index in [0.29, 0.717) is 5.56 Å². The van der Waals surface area contributed by atoms with Gasteiger partial charge in [-0.1, -0.05) is 0 Å². The normalized spacial score (nSPS) is 16.2.